The highest BCUT2D eigenvalue weighted by atomic mass is 16.5. The molecular weight excluding hydrogens is 278 g/mol. The molecule has 22 heavy (non-hydrogen) atoms. The van der Waals surface area contributed by atoms with Gasteiger partial charge >= 0.3 is 0 Å². The van der Waals surface area contributed by atoms with Crippen molar-refractivity contribution in [1.29, 1.82) is 0 Å². The summed E-state index contributed by atoms with van der Waals surface area (Å²) in [5.41, 5.74) is 2.82. The van der Waals surface area contributed by atoms with Crippen LogP contribution in [-0.2, 0) is 0 Å². The topological polar surface area (TPSA) is 51.4 Å². The zero-order valence-corrected chi connectivity index (χ0v) is 12.8. The van der Waals surface area contributed by atoms with Gasteiger partial charge in [-0.15, -0.1) is 0 Å². The first-order valence-electron chi connectivity index (χ1n) is 6.94. The smallest absolute Gasteiger partial charge is 0.262 e. The van der Waals surface area contributed by atoms with Crippen molar-refractivity contribution in [3.05, 3.63) is 48.5 Å². The third-order valence-electron chi connectivity index (χ3n) is 3.41. The average molecular weight is 295 g/mol. The fourth-order valence-corrected chi connectivity index (χ4v) is 2.18. The predicted octanol–water partition coefficient (Wildman–Crippen LogP) is 3.48. The Kier molecular flexibility index (Phi) is 3.78. The molecule has 1 heterocycles. The largest absolute Gasteiger partial charge is 0.496 e. The highest BCUT2D eigenvalue weighted by molar-refractivity contribution is 5.66. The summed E-state index contributed by atoms with van der Waals surface area (Å²) in [6.45, 7) is 0. The van der Waals surface area contributed by atoms with Crippen LogP contribution in [0.3, 0.4) is 0 Å². The van der Waals surface area contributed by atoms with Gasteiger partial charge in [0, 0.05) is 25.3 Å². The van der Waals surface area contributed by atoms with E-state index in [4.69, 9.17) is 9.26 Å². The Morgan fingerprint density at radius 2 is 1.73 bits per heavy atom. The molecule has 112 valence electrons. The predicted molar refractivity (Wildman–Crippen MR) is 86.0 cm³/mol. The quantitative estimate of drug-likeness (QED) is 0.737. The van der Waals surface area contributed by atoms with Crippen LogP contribution in [0, 0.1) is 0 Å². The molecule has 3 rings (SSSR count). The van der Waals surface area contributed by atoms with Crippen LogP contribution in [0.25, 0.3) is 22.8 Å². The second kappa shape index (κ2) is 5.89. The molecule has 5 heteroatoms. The van der Waals surface area contributed by atoms with Gasteiger partial charge in [-0.3, -0.25) is 0 Å². The van der Waals surface area contributed by atoms with Crippen LogP contribution in [0.5, 0.6) is 5.75 Å². The normalized spacial score (nSPS) is 10.5. The van der Waals surface area contributed by atoms with E-state index in [1.54, 1.807) is 7.11 Å². The molecular formula is C17H17N3O2. The van der Waals surface area contributed by atoms with Crippen LogP contribution < -0.4 is 9.64 Å². The Morgan fingerprint density at radius 1 is 1.00 bits per heavy atom. The fraction of sp³-hybridized carbons (Fsp3) is 0.176. The number of aromatic nitrogens is 2. The molecule has 1 aromatic heterocycles. The molecule has 0 radical (unpaired) electrons. The van der Waals surface area contributed by atoms with Crippen LogP contribution in [-0.4, -0.2) is 31.3 Å². The van der Waals surface area contributed by atoms with Crippen LogP contribution in [0.4, 0.5) is 5.69 Å². The van der Waals surface area contributed by atoms with Crippen molar-refractivity contribution in [2.24, 2.45) is 0 Å². The van der Waals surface area contributed by atoms with Crippen molar-refractivity contribution in [3.63, 3.8) is 0 Å². The Balaban J connectivity index is 1.93. The third-order valence-corrected chi connectivity index (χ3v) is 3.41. The molecule has 0 atom stereocenters. The first-order chi connectivity index (χ1) is 10.7. The maximum Gasteiger partial charge on any atom is 0.262 e. The molecule has 0 amide bonds. The molecule has 0 unspecified atom stereocenters. The zero-order valence-electron chi connectivity index (χ0n) is 12.8. The van der Waals surface area contributed by atoms with E-state index in [2.05, 4.69) is 10.1 Å². The van der Waals surface area contributed by atoms with E-state index in [-0.39, 0.29) is 0 Å². The van der Waals surface area contributed by atoms with Gasteiger partial charge in [-0.25, -0.2) is 0 Å². The summed E-state index contributed by atoms with van der Waals surface area (Å²) in [5.74, 6) is 1.72. The Morgan fingerprint density at radius 3 is 2.41 bits per heavy atom. The molecule has 0 aliphatic heterocycles. The van der Waals surface area contributed by atoms with E-state index in [0.29, 0.717) is 17.5 Å². The summed E-state index contributed by atoms with van der Waals surface area (Å²) < 4.78 is 10.7. The molecule has 0 saturated heterocycles. The standard InChI is InChI=1S/C17H17N3O2/c1-20(2)13-10-8-12(9-11-13)16-18-17(22-19-16)14-6-4-5-7-15(14)21-3/h4-11H,1-3H3. The first kappa shape index (κ1) is 14.1. The van der Waals surface area contributed by atoms with E-state index < -0.39 is 0 Å². The summed E-state index contributed by atoms with van der Waals surface area (Å²) in [4.78, 5) is 6.50. The van der Waals surface area contributed by atoms with Crippen LogP contribution in [0.1, 0.15) is 0 Å². The highest BCUT2D eigenvalue weighted by Gasteiger charge is 2.14. The molecule has 2 aromatic carbocycles. The minimum absolute atomic E-state index is 0.448. The van der Waals surface area contributed by atoms with E-state index in [0.717, 1.165) is 16.8 Å². The van der Waals surface area contributed by atoms with Gasteiger partial charge in [-0.05, 0) is 36.4 Å². The minimum atomic E-state index is 0.448. The molecule has 0 bridgehead atoms. The number of benzene rings is 2. The third kappa shape index (κ3) is 2.65. The molecule has 3 aromatic rings. The van der Waals surface area contributed by atoms with Gasteiger partial charge in [0.1, 0.15) is 5.75 Å². The summed E-state index contributed by atoms with van der Waals surface area (Å²) in [7, 11) is 5.63. The van der Waals surface area contributed by atoms with E-state index in [9.17, 15) is 0 Å². The first-order valence-corrected chi connectivity index (χ1v) is 6.94. The minimum Gasteiger partial charge on any atom is -0.496 e. The second-order valence-corrected chi connectivity index (χ2v) is 5.06. The van der Waals surface area contributed by atoms with Crippen molar-refractivity contribution in [3.8, 4) is 28.6 Å². The zero-order chi connectivity index (χ0) is 15.5. The Bertz CT molecular complexity index is 764. The van der Waals surface area contributed by atoms with Crippen molar-refractivity contribution < 1.29 is 9.26 Å². The summed E-state index contributed by atoms with van der Waals surface area (Å²) >= 11 is 0. The summed E-state index contributed by atoms with van der Waals surface area (Å²) in [6.07, 6.45) is 0. The molecule has 0 aliphatic carbocycles. The number of methoxy groups -OCH3 is 1. The maximum atomic E-state index is 5.37. The lowest BCUT2D eigenvalue weighted by atomic mass is 10.2. The van der Waals surface area contributed by atoms with Gasteiger partial charge in [0.2, 0.25) is 5.82 Å². The molecule has 0 spiro atoms. The fourth-order valence-electron chi connectivity index (χ4n) is 2.18. The average Bonchev–Trinajstić information content (AvgIpc) is 3.04. The lowest BCUT2D eigenvalue weighted by Gasteiger charge is -2.11. The number of anilines is 1. The van der Waals surface area contributed by atoms with Crippen molar-refractivity contribution in [1.82, 2.24) is 10.1 Å². The van der Waals surface area contributed by atoms with Gasteiger partial charge in [0.25, 0.3) is 5.89 Å². The SMILES string of the molecule is COc1ccccc1-c1nc(-c2ccc(N(C)C)cc2)no1. The van der Waals surface area contributed by atoms with Crippen molar-refractivity contribution in [2.45, 2.75) is 0 Å². The van der Waals surface area contributed by atoms with Gasteiger partial charge in [-0.2, -0.15) is 4.98 Å². The summed E-state index contributed by atoms with van der Waals surface area (Å²) in [5, 5.41) is 4.06. The van der Waals surface area contributed by atoms with Gasteiger partial charge in [-0.1, -0.05) is 17.3 Å². The summed E-state index contributed by atoms with van der Waals surface area (Å²) in [6, 6.07) is 15.6. The van der Waals surface area contributed by atoms with E-state index in [1.807, 2.05) is 67.5 Å². The number of nitrogens with zero attached hydrogens (tertiary/aromatic N) is 3. The highest BCUT2D eigenvalue weighted by Crippen LogP contribution is 2.30. The monoisotopic (exact) mass is 295 g/mol. The van der Waals surface area contributed by atoms with Gasteiger partial charge in [0.05, 0.1) is 12.7 Å². The number of ether oxygens (including phenoxy) is 1. The van der Waals surface area contributed by atoms with Crippen LogP contribution >= 0.6 is 0 Å². The number of hydrogen-bond donors (Lipinski definition) is 0. The van der Waals surface area contributed by atoms with Crippen molar-refractivity contribution >= 4 is 5.69 Å². The number of hydrogen-bond acceptors (Lipinski definition) is 5. The molecule has 0 fully saturated rings. The lowest BCUT2D eigenvalue weighted by molar-refractivity contribution is 0.405. The van der Waals surface area contributed by atoms with Crippen molar-refractivity contribution in [2.75, 3.05) is 26.1 Å². The number of para-hydroxylation sites is 1. The van der Waals surface area contributed by atoms with E-state index >= 15 is 0 Å². The molecule has 0 N–H and O–H groups in total. The Hall–Kier alpha value is -2.82. The van der Waals surface area contributed by atoms with E-state index in [1.165, 1.54) is 0 Å². The second-order valence-electron chi connectivity index (χ2n) is 5.06. The number of rotatable bonds is 4. The maximum absolute atomic E-state index is 5.37. The van der Waals surface area contributed by atoms with Crippen LogP contribution in [0.2, 0.25) is 0 Å². The van der Waals surface area contributed by atoms with Gasteiger partial charge < -0.3 is 14.2 Å². The molecule has 0 aliphatic rings. The molecule has 5 nitrogen and oxygen atoms in total. The lowest BCUT2D eigenvalue weighted by Crippen LogP contribution is -2.07. The van der Waals surface area contributed by atoms with Gasteiger partial charge in [0.15, 0.2) is 0 Å². The van der Waals surface area contributed by atoms with Crippen LogP contribution in [0.15, 0.2) is 53.1 Å². The Labute approximate surface area is 129 Å². The molecule has 0 saturated carbocycles.